The largest absolute Gasteiger partial charge is 0.464 e. The van der Waals surface area contributed by atoms with Crippen molar-refractivity contribution < 1.29 is 31.1 Å². The van der Waals surface area contributed by atoms with E-state index in [4.69, 9.17) is 4.74 Å². The van der Waals surface area contributed by atoms with E-state index in [0.717, 1.165) is 5.56 Å². The Kier molecular flexibility index (Phi) is 5.73. The number of rotatable bonds is 6. The molecule has 0 spiro atoms. The molecule has 0 saturated carbocycles. The van der Waals surface area contributed by atoms with E-state index in [1.807, 2.05) is 0 Å². The number of benzene rings is 2. The Hall–Kier alpha value is -2.39. The van der Waals surface area contributed by atoms with E-state index in [9.17, 15) is 26.4 Å². The maximum absolute atomic E-state index is 14.1. The Balaban J connectivity index is 1.93. The molecule has 1 heterocycles. The first-order valence-corrected chi connectivity index (χ1v) is 10.5. The summed E-state index contributed by atoms with van der Waals surface area (Å²) in [4.78, 5) is 12.1. The van der Waals surface area contributed by atoms with E-state index in [1.54, 1.807) is 49.4 Å². The first kappa shape index (κ1) is 21.3. The smallest absolute Gasteiger partial charge is 0.417 e. The zero-order valence-electron chi connectivity index (χ0n) is 15.6. The van der Waals surface area contributed by atoms with Gasteiger partial charge >= 0.3 is 12.1 Å². The zero-order chi connectivity index (χ0) is 21.3. The summed E-state index contributed by atoms with van der Waals surface area (Å²) in [6.45, 7) is 0.865. The zero-order valence-corrected chi connectivity index (χ0v) is 16.4. The first-order chi connectivity index (χ1) is 13.6. The summed E-state index contributed by atoms with van der Waals surface area (Å²) in [7, 11) is -4.07. The molecule has 9 heteroatoms. The van der Waals surface area contributed by atoms with Crippen LogP contribution in [0.5, 0.6) is 0 Å². The molecule has 1 aliphatic heterocycles. The number of hydrogen-bond acceptors (Lipinski definition) is 5. The summed E-state index contributed by atoms with van der Waals surface area (Å²) in [5, 5.41) is 2.27. The highest BCUT2D eigenvalue weighted by molar-refractivity contribution is 7.91. The third-order valence-electron chi connectivity index (χ3n) is 5.01. The third-order valence-corrected chi connectivity index (χ3v) is 6.84. The minimum Gasteiger partial charge on any atom is -0.464 e. The fourth-order valence-corrected chi connectivity index (χ4v) is 4.98. The maximum atomic E-state index is 14.1. The van der Waals surface area contributed by atoms with E-state index in [2.05, 4.69) is 5.32 Å². The lowest BCUT2D eigenvalue weighted by molar-refractivity contribution is -0.208. The molecule has 2 atom stereocenters. The number of aryl methyl sites for hydroxylation is 1. The fraction of sp³-hybridized carbons (Fsp3) is 0.350. The average Bonchev–Trinajstić information content (AvgIpc) is 2.97. The molecule has 156 valence electrons. The Bertz CT molecular complexity index is 975. The van der Waals surface area contributed by atoms with Gasteiger partial charge in [-0.05, 0) is 24.6 Å². The van der Waals surface area contributed by atoms with Crippen molar-refractivity contribution in [3.63, 3.8) is 0 Å². The second kappa shape index (κ2) is 7.79. The number of esters is 1. The fourth-order valence-electron chi connectivity index (χ4n) is 3.36. The molecule has 3 rings (SSSR count). The minimum absolute atomic E-state index is 0.0958. The van der Waals surface area contributed by atoms with Gasteiger partial charge in [-0.2, -0.15) is 13.2 Å². The van der Waals surface area contributed by atoms with Gasteiger partial charge in [0.1, 0.15) is 0 Å². The second-order valence-electron chi connectivity index (χ2n) is 7.03. The van der Waals surface area contributed by atoms with E-state index in [0.29, 0.717) is 5.56 Å². The van der Waals surface area contributed by atoms with Crippen LogP contribution in [-0.4, -0.2) is 38.5 Å². The molecule has 2 aromatic rings. The van der Waals surface area contributed by atoms with Crippen LogP contribution in [0, 0.1) is 12.8 Å². The van der Waals surface area contributed by atoms with Crippen molar-refractivity contribution in [1.82, 2.24) is 5.32 Å². The van der Waals surface area contributed by atoms with Gasteiger partial charge in [-0.3, -0.25) is 5.32 Å². The summed E-state index contributed by atoms with van der Waals surface area (Å²) in [6.07, 6.45) is -5.04. The topological polar surface area (TPSA) is 72.5 Å². The van der Waals surface area contributed by atoms with Crippen LogP contribution >= 0.6 is 0 Å². The quantitative estimate of drug-likeness (QED) is 0.718. The van der Waals surface area contributed by atoms with E-state index < -0.39 is 45.8 Å². The monoisotopic (exact) mass is 427 g/mol. The van der Waals surface area contributed by atoms with Crippen molar-refractivity contribution in [1.29, 1.82) is 0 Å². The average molecular weight is 427 g/mol. The Morgan fingerprint density at radius 1 is 1.10 bits per heavy atom. The SMILES string of the molecule is Cc1ccc(S(=O)(=O)C[C@H]2COC(=O)[C@]2(NCc2ccccc2)C(F)(F)F)cc1. The number of hydrogen-bond donors (Lipinski definition) is 1. The number of ether oxygens (including phenoxy) is 1. The van der Waals surface area contributed by atoms with Crippen molar-refractivity contribution in [3.05, 3.63) is 65.7 Å². The van der Waals surface area contributed by atoms with Crippen molar-refractivity contribution in [3.8, 4) is 0 Å². The van der Waals surface area contributed by atoms with E-state index in [-0.39, 0.29) is 11.4 Å². The van der Waals surface area contributed by atoms with Crippen molar-refractivity contribution in [2.75, 3.05) is 12.4 Å². The Labute approximate surface area is 166 Å². The predicted octanol–water partition coefficient (Wildman–Crippen LogP) is 3.03. The molecule has 1 N–H and O–H groups in total. The number of carbonyl (C=O) groups is 1. The molecule has 0 amide bonds. The molecule has 29 heavy (non-hydrogen) atoms. The van der Waals surface area contributed by atoms with Gasteiger partial charge in [-0.1, -0.05) is 48.0 Å². The highest BCUT2D eigenvalue weighted by Gasteiger charge is 2.69. The van der Waals surface area contributed by atoms with E-state index in [1.165, 1.54) is 12.1 Å². The molecule has 1 saturated heterocycles. The van der Waals surface area contributed by atoms with Crippen LogP contribution in [0.15, 0.2) is 59.5 Å². The van der Waals surface area contributed by atoms with Crippen molar-refractivity contribution >= 4 is 15.8 Å². The number of halogens is 3. The molecule has 0 aromatic heterocycles. The normalized spacial score (nSPS) is 22.5. The van der Waals surface area contributed by atoms with Gasteiger partial charge in [0, 0.05) is 12.5 Å². The molecule has 5 nitrogen and oxygen atoms in total. The van der Waals surface area contributed by atoms with Crippen molar-refractivity contribution in [2.24, 2.45) is 5.92 Å². The van der Waals surface area contributed by atoms with Crippen LogP contribution in [0.1, 0.15) is 11.1 Å². The molecule has 1 fully saturated rings. The number of nitrogens with one attached hydrogen (secondary N) is 1. The van der Waals surface area contributed by atoms with Crippen LogP contribution in [0.3, 0.4) is 0 Å². The van der Waals surface area contributed by atoms with Crippen LogP contribution in [0.25, 0.3) is 0 Å². The number of alkyl halides is 3. The first-order valence-electron chi connectivity index (χ1n) is 8.88. The van der Waals surface area contributed by atoms with Crippen LogP contribution in [-0.2, 0) is 25.9 Å². The lowest BCUT2D eigenvalue weighted by Gasteiger charge is -2.33. The van der Waals surface area contributed by atoms with Gasteiger partial charge in [0.15, 0.2) is 9.84 Å². The second-order valence-corrected chi connectivity index (χ2v) is 9.07. The highest BCUT2D eigenvalue weighted by atomic mass is 32.2. The predicted molar refractivity (Wildman–Crippen MR) is 99.7 cm³/mol. The summed E-state index contributed by atoms with van der Waals surface area (Å²) < 4.78 is 72.5. The van der Waals surface area contributed by atoms with Crippen LogP contribution in [0.2, 0.25) is 0 Å². The maximum Gasteiger partial charge on any atom is 0.417 e. The summed E-state index contributed by atoms with van der Waals surface area (Å²) in [5.41, 5.74) is -1.76. The van der Waals surface area contributed by atoms with Gasteiger partial charge in [-0.15, -0.1) is 0 Å². The summed E-state index contributed by atoms with van der Waals surface area (Å²) in [6, 6.07) is 14.0. The van der Waals surface area contributed by atoms with Gasteiger partial charge < -0.3 is 4.74 Å². The Morgan fingerprint density at radius 3 is 2.31 bits per heavy atom. The van der Waals surface area contributed by atoms with Gasteiger partial charge in [-0.25, -0.2) is 13.2 Å². The van der Waals surface area contributed by atoms with Gasteiger partial charge in [0.05, 0.1) is 17.3 Å². The molecule has 0 radical (unpaired) electrons. The van der Waals surface area contributed by atoms with Gasteiger partial charge in [0.2, 0.25) is 5.54 Å². The molecule has 2 aromatic carbocycles. The lowest BCUT2D eigenvalue weighted by Crippen LogP contribution is -2.64. The third kappa shape index (κ3) is 4.16. The van der Waals surface area contributed by atoms with Gasteiger partial charge in [0.25, 0.3) is 0 Å². The standard InChI is InChI=1S/C20H20F3NO4S/c1-14-7-9-17(10-8-14)29(26,27)13-16-12-28-18(25)19(16,20(21,22)23)24-11-15-5-3-2-4-6-15/h2-10,16,24H,11-13H2,1H3/t16-,19+/m1/s1. The van der Waals surface area contributed by atoms with E-state index >= 15 is 0 Å². The summed E-state index contributed by atoms with van der Waals surface area (Å²) in [5.74, 6) is -4.00. The Morgan fingerprint density at radius 2 is 1.72 bits per heavy atom. The summed E-state index contributed by atoms with van der Waals surface area (Å²) >= 11 is 0. The molecule has 0 bridgehead atoms. The lowest BCUT2D eigenvalue weighted by atomic mass is 9.86. The highest BCUT2D eigenvalue weighted by Crippen LogP contribution is 2.43. The molecule has 0 unspecified atom stereocenters. The number of sulfone groups is 1. The molecular formula is C20H20F3NO4S. The van der Waals surface area contributed by atoms with Crippen LogP contribution in [0.4, 0.5) is 13.2 Å². The van der Waals surface area contributed by atoms with Crippen molar-refractivity contribution in [2.45, 2.75) is 30.1 Å². The molecule has 0 aliphatic carbocycles. The number of cyclic esters (lactones) is 1. The number of carbonyl (C=O) groups excluding carboxylic acids is 1. The molecular weight excluding hydrogens is 407 g/mol. The van der Waals surface area contributed by atoms with Crippen LogP contribution < -0.4 is 5.32 Å². The minimum atomic E-state index is -5.04. The molecule has 1 aliphatic rings.